The maximum atomic E-state index is 12.2. The first-order valence-corrected chi connectivity index (χ1v) is 14.5. The van der Waals surface area contributed by atoms with Gasteiger partial charge in [-0.15, -0.1) is 6.58 Å². The Morgan fingerprint density at radius 2 is 1.86 bits per heavy atom. The van der Waals surface area contributed by atoms with E-state index in [1.54, 1.807) is 14.0 Å². The molecule has 35 heavy (non-hydrogen) atoms. The summed E-state index contributed by atoms with van der Waals surface area (Å²) in [4.78, 5) is 14.3. The number of carbonyl (C=O) groups excluding carboxylic acids is 1. The van der Waals surface area contributed by atoms with Crippen LogP contribution in [0.1, 0.15) is 34.0 Å². The SMILES string of the molecule is C=C[Si]1(C)C2=CC(=[N+](C)C)C=CC2=C(c2c(C)cc(C(C)=O)cc2OC)c2ccc(N(C)C)cc21. The van der Waals surface area contributed by atoms with Gasteiger partial charge in [-0.25, -0.2) is 4.58 Å². The first-order valence-electron chi connectivity index (χ1n) is 11.9. The Morgan fingerprint density at radius 3 is 2.43 bits per heavy atom. The van der Waals surface area contributed by atoms with E-state index in [2.05, 4.69) is 99.8 Å². The Labute approximate surface area is 210 Å². The molecule has 0 amide bonds. The van der Waals surface area contributed by atoms with Gasteiger partial charge in [-0.2, -0.15) is 0 Å². The molecule has 0 saturated heterocycles. The van der Waals surface area contributed by atoms with E-state index in [0.29, 0.717) is 5.56 Å². The molecule has 1 aliphatic carbocycles. The lowest BCUT2D eigenvalue weighted by molar-refractivity contribution is -0.462. The van der Waals surface area contributed by atoms with E-state index < -0.39 is 8.07 Å². The molecule has 2 aliphatic rings. The summed E-state index contributed by atoms with van der Waals surface area (Å²) in [6.45, 7) is 10.4. The standard InChI is InChI=1S/C30H35N2O2Si/c1-10-35(9)27-17-22(31(4)5)11-13-24(27)30(25-14-12-23(32(6)7)18-28(25)35)29-19(2)15-21(20(3)33)16-26(29)34-8/h10-18H,1H2,2-9H3/q+1. The molecule has 0 bridgehead atoms. The minimum absolute atomic E-state index is 0.0327. The predicted molar refractivity (Wildman–Crippen MR) is 150 cm³/mol. The van der Waals surface area contributed by atoms with E-state index in [0.717, 1.165) is 22.4 Å². The highest BCUT2D eigenvalue weighted by Crippen LogP contribution is 2.45. The number of methoxy groups -OCH3 is 1. The monoisotopic (exact) mass is 483 g/mol. The summed E-state index contributed by atoms with van der Waals surface area (Å²) >= 11 is 0. The van der Waals surface area contributed by atoms with Crippen LogP contribution in [0, 0.1) is 6.92 Å². The summed E-state index contributed by atoms with van der Waals surface area (Å²) in [6.07, 6.45) is 6.76. The molecule has 4 rings (SSSR count). The molecule has 1 unspecified atom stereocenters. The van der Waals surface area contributed by atoms with Crippen molar-refractivity contribution in [2.24, 2.45) is 0 Å². The molecule has 0 N–H and O–H groups in total. The highest BCUT2D eigenvalue weighted by atomic mass is 28.3. The lowest BCUT2D eigenvalue weighted by Crippen LogP contribution is -2.51. The second-order valence-corrected chi connectivity index (χ2v) is 13.8. The molecular weight excluding hydrogens is 448 g/mol. The maximum absolute atomic E-state index is 12.2. The molecule has 2 aromatic rings. The number of aryl methyl sites for hydroxylation is 1. The van der Waals surface area contributed by atoms with Gasteiger partial charge < -0.3 is 9.64 Å². The van der Waals surface area contributed by atoms with Crippen LogP contribution >= 0.6 is 0 Å². The smallest absolute Gasteiger partial charge is 0.199 e. The van der Waals surface area contributed by atoms with Gasteiger partial charge in [-0.3, -0.25) is 4.79 Å². The average molecular weight is 484 g/mol. The third-order valence-corrected chi connectivity index (χ3v) is 11.2. The number of benzene rings is 2. The van der Waals surface area contributed by atoms with E-state index in [1.165, 1.54) is 32.9 Å². The number of allylic oxidation sites excluding steroid dienone is 5. The van der Waals surface area contributed by atoms with Gasteiger partial charge in [0.2, 0.25) is 0 Å². The molecule has 1 heterocycles. The fourth-order valence-corrected chi connectivity index (χ4v) is 8.30. The van der Waals surface area contributed by atoms with Gasteiger partial charge in [-0.05, 0) is 76.8 Å². The number of fused-ring (bicyclic) bond motifs is 2. The van der Waals surface area contributed by atoms with E-state index >= 15 is 0 Å². The van der Waals surface area contributed by atoms with E-state index in [9.17, 15) is 4.79 Å². The van der Waals surface area contributed by atoms with Crippen molar-refractivity contribution in [2.75, 3.05) is 40.2 Å². The van der Waals surface area contributed by atoms with Crippen LogP contribution in [-0.4, -0.2) is 59.4 Å². The molecule has 2 aromatic carbocycles. The van der Waals surface area contributed by atoms with E-state index in [4.69, 9.17) is 4.74 Å². The van der Waals surface area contributed by atoms with Crippen molar-refractivity contribution in [3.05, 3.63) is 93.9 Å². The summed E-state index contributed by atoms with van der Waals surface area (Å²) in [6, 6.07) is 10.6. The molecule has 0 radical (unpaired) electrons. The first-order chi connectivity index (χ1) is 16.5. The van der Waals surface area contributed by atoms with Crippen LogP contribution in [0.3, 0.4) is 0 Å². The van der Waals surface area contributed by atoms with Crippen molar-refractivity contribution in [1.29, 1.82) is 0 Å². The normalized spacial score (nSPS) is 18.5. The highest BCUT2D eigenvalue weighted by molar-refractivity contribution is 7.02. The van der Waals surface area contributed by atoms with Gasteiger partial charge >= 0.3 is 0 Å². The molecule has 1 atom stereocenters. The second kappa shape index (κ2) is 8.97. The van der Waals surface area contributed by atoms with Gasteiger partial charge in [0.1, 0.15) is 27.9 Å². The Morgan fingerprint density at radius 1 is 1.14 bits per heavy atom. The van der Waals surface area contributed by atoms with Crippen molar-refractivity contribution in [2.45, 2.75) is 20.4 Å². The maximum Gasteiger partial charge on any atom is 0.199 e. The van der Waals surface area contributed by atoms with Crippen LogP contribution in [-0.2, 0) is 0 Å². The summed E-state index contributed by atoms with van der Waals surface area (Å²) < 4.78 is 8.05. The van der Waals surface area contributed by atoms with Crippen molar-refractivity contribution in [3.63, 3.8) is 0 Å². The number of rotatable bonds is 5. The molecular formula is C30H35N2O2Si+. The fourth-order valence-electron chi connectivity index (χ4n) is 5.14. The minimum atomic E-state index is -2.26. The topological polar surface area (TPSA) is 32.5 Å². The van der Waals surface area contributed by atoms with E-state index in [-0.39, 0.29) is 5.78 Å². The van der Waals surface area contributed by atoms with E-state index in [1.807, 2.05) is 12.1 Å². The number of Topliss-reactive ketones (excluding diaryl/α,β-unsaturated/α-hetero) is 1. The largest absolute Gasteiger partial charge is 0.496 e. The fraction of sp³-hybridized carbons (Fsp3) is 0.267. The summed E-state index contributed by atoms with van der Waals surface area (Å²) in [5, 5.41) is 2.68. The van der Waals surface area contributed by atoms with Gasteiger partial charge in [0, 0.05) is 43.1 Å². The number of anilines is 1. The average Bonchev–Trinajstić information content (AvgIpc) is 2.83. The summed E-state index contributed by atoms with van der Waals surface area (Å²) in [5.41, 5.74) is 10.9. The molecule has 0 aromatic heterocycles. The number of carbonyl (C=O) groups is 1. The minimum Gasteiger partial charge on any atom is -0.496 e. The third-order valence-electron chi connectivity index (χ3n) is 7.28. The zero-order chi connectivity index (χ0) is 25.7. The number of hydrogen-bond acceptors (Lipinski definition) is 3. The molecule has 5 heteroatoms. The van der Waals surface area contributed by atoms with Gasteiger partial charge in [0.15, 0.2) is 11.5 Å². The zero-order valence-electron chi connectivity index (χ0n) is 22.1. The van der Waals surface area contributed by atoms with Crippen LogP contribution in [0.2, 0.25) is 6.55 Å². The molecule has 1 aliphatic heterocycles. The molecule has 0 saturated carbocycles. The highest BCUT2D eigenvalue weighted by Gasteiger charge is 2.42. The van der Waals surface area contributed by atoms with Crippen LogP contribution in [0.4, 0.5) is 5.69 Å². The Hall–Kier alpha value is -3.44. The number of hydrogen-bond donors (Lipinski definition) is 0. The van der Waals surface area contributed by atoms with Crippen LogP contribution in [0.25, 0.3) is 5.57 Å². The van der Waals surface area contributed by atoms with Crippen molar-refractivity contribution >= 4 is 36.0 Å². The number of ketones is 1. The first kappa shape index (κ1) is 24.7. The van der Waals surface area contributed by atoms with Crippen molar-refractivity contribution in [1.82, 2.24) is 0 Å². The van der Waals surface area contributed by atoms with Crippen LogP contribution < -0.4 is 14.8 Å². The molecule has 4 nitrogen and oxygen atoms in total. The zero-order valence-corrected chi connectivity index (χ0v) is 23.1. The van der Waals surface area contributed by atoms with Gasteiger partial charge in [0.25, 0.3) is 0 Å². The number of ether oxygens (including phenoxy) is 1. The predicted octanol–water partition coefficient (Wildman–Crippen LogP) is 4.85. The van der Waals surface area contributed by atoms with Crippen molar-refractivity contribution < 1.29 is 14.1 Å². The Bertz CT molecular complexity index is 1390. The molecule has 0 spiro atoms. The second-order valence-electron chi connectivity index (χ2n) is 9.96. The van der Waals surface area contributed by atoms with Gasteiger partial charge in [-0.1, -0.05) is 18.3 Å². The molecule has 0 fully saturated rings. The number of nitrogens with zero attached hydrogens (tertiary/aromatic N) is 2. The Kier molecular flexibility index (Phi) is 6.32. The Balaban J connectivity index is 2.18. The third kappa shape index (κ3) is 3.94. The lowest BCUT2D eigenvalue weighted by atomic mass is 9.86. The van der Waals surface area contributed by atoms with Crippen molar-refractivity contribution in [3.8, 4) is 5.75 Å². The summed E-state index contributed by atoms with van der Waals surface area (Å²) in [5.74, 6) is 0.754. The quantitative estimate of drug-likeness (QED) is 0.346. The van der Waals surface area contributed by atoms with Crippen LogP contribution in [0.15, 0.2) is 71.6 Å². The summed E-state index contributed by atoms with van der Waals surface area (Å²) in [7, 11) is 7.73. The molecule has 180 valence electrons. The van der Waals surface area contributed by atoms with Crippen LogP contribution in [0.5, 0.6) is 5.75 Å². The lowest BCUT2D eigenvalue weighted by Gasteiger charge is -2.39. The van der Waals surface area contributed by atoms with Gasteiger partial charge in [0.05, 0.1) is 7.11 Å².